The molecule has 0 spiro atoms. The Labute approximate surface area is 113 Å². The van der Waals surface area contributed by atoms with E-state index in [0.29, 0.717) is 6.07 Å². The minimum absolute atomic E-state index is 0.540. The van der Waals surface area contributed by atoms with E-state index in [-0.39, 0.29) is 0 Å². The molecule has 0 aromatic heterocycles. The molecular formula is C9H9F3O6PS+. The zero-order chi connectivity index (χ0) is 15.6. The van der Waals surface area contributed by atoms with Crippen LogP contribution in [0.2, 0.25) is 0 Å². The van der Waals surface area contributed by atoms with Crippen molar-refractivity contribution in [3.05, 3.63) is 23.8 Å². The molecule has 11 heteroatoms. The van der Waals surface area contributed by atoms with Crippen LogP contribution in [0.5, 0.6) is 5.75 Å². The van der Waals surface area contributed by atoms with E-state index in [1.807, 2.05) is 0 Å². The summed E-state index contributed by atoms with van der Waals surface area (Å²) in [5, 5.41) is 0. The smallest absolute Gasteiger partial charge is 0.495 e. The van der Waals surface area contributed by atoms with Gasteiger partial charge in [-0.25, -0.2) is 0 Å². The molecule has 1 aromatic rings. The lowest BCUT2D eigenvalue weighted by molar-refractivity contribution is -0.140. The molecule has 1 rings (SSSR count). The molecule has 1 aromatic carbocycles. The molecule has 0 bridgehead atoms. The summed E-state index contributed by atoms with van der Waals surface area (Å²) in [5.74, 6) is -0.584. The monoisotopic (exact) mass is 333 g/mol. The fraction of sp³-hybridized carbons (Fsp3) is 0.333. The molecule has 0 radical (unpaired) electrons. The highest BCUT2D eigenvalue weighted by Crippen LogP contribution is 2.41. The second-order valence-electron chi connectivity index (χ2n) is 3.27. The molecule has 20 heavy (non-hydrogen) atoms. The van der Waals surface area contributed by atoms with Gasteiger partial charge in [-0.05, 0) is 12.1 Å². The van der Waals surface area contributed by atoms with Crippen LogP contribution in [0, 0.1) is 0 Å². The minimum Gasteiger partial charge on any atom is -0.495 e. The third-order valence-electron chi connectivity index (χ3n) is 2.06. The Kier molecular flexibility index (Phi) is 5.09. The van der Waals surface area contributed by atoms with Crippen LogP contribution in [-0.4, -0.2) is 22.6 Å². The molecule has 0 saturated carbocycles. The van der Waals surface area contributed by atoms with E-state index in [4.69, 9.17) is 0 Å². The summed E-state index contributed by atoms with van der Waals surface area (Å²) in [5.41, 5.74) is -1.49. The number of rotatable bonds is 5. The van der Waals surface area contributed by atoms with Gasteiger partial charge in [-0.3, -0.25) is 0 Å². The highest BCUT2D eigenvalue weighted by atomic mass is 32.2. The normalized spacial score (nSPS) is 13.2. The molecule has 0 aliphatic heterocycles. The predicted molar refractivity (Wildman–Crippen MR) is 60.9 cm³/mol. The average molecular weight is 333 g/mol. The molecule has 0 aliphatic rings. The molecule has 1 atom stereocenters. The molecular weight excluding hydrogens is 324 g/mol. The summed E-state index contributed by atoms with van der Waals surface area (Å²) in [7, 11) is -6.23. The van der Waals surface area contributed by atoms with Crippen molar-refractivity contribution in [2.75, 3.05) is 14.2 Å². The van der Waals surface area contributed by atoms with Crippen molar-refractivity contribution in [1.82, 2.24) is 0 Å². The highest BCUT2D eigenvalue weighted by Gasteiger charge is 2.43. The Morgan fingerprint density at radius 1 is 1.20 bits per heavy atom. The van der Waals surface area contributed by atoms with Crippen LogP contribution in [0.25, 0.3) is 0 Å². The largest absolute Gasteiger partial charge is 0.714 e. The zero-order valence-electron chi connectivity index (χ0n) is 10.2. The maximum Gasteiger partial charge on any atom is 0.714 e. The summed E-state index contributed by atoms with van der Waals surface area (Å²) in [4.78, 5) is -1.25. The van der Waals surface area contributed by atoms with Crippen LogP contribution in [0.4, 0.5) is 13.2 Å². The molecule has 1 unspecified atom stereocenters. The van der Waals surface area contributed by atoms with E-state index >= 15 is 0 Å². The van der Waals surface area contributed by atoms with E-state index in [9.17, 15) is 26.2 Å². The number of alkyl halides is 3. The number of hydrogen-bond acceptors (Lipinski definition) is 6. The van der Waals surface area contributed by atoms with Gasteiger partial charge in [0, 0.05) is 8.54 Å². The molecule has 6 nitrogen and oxygen atoms in total. The van der Waals surface area contributed by atoms with E-state index < -0.39 is 40.8 Å². The Balaban J connectivity index is 3.53. The lowest BCUT2D eigenvalue weighted by atomic mass is 10.2. The van der Waals surface area contributed by atoms with Crippen LogP contribution in [-0.2, 0) is 29.4 Å². The summed E-state index contributed by atoms with van der Waals surface area (Å²) in [6.07, 6.45) is -4.96. The first-order valence-corrected chi connectivity index (χ1v) is 7.34. The minimum atomic E-state index is -4.98. The Morgan fingerprint density at radius 2 is 1.80 bits per heavy atom. The lowest BCUT2D eigenvalue weighted by Crippen LogP contribution is -2.15. The first kappa shape index (κ1) is 16.8. The van der Waals surface area contributed by atoms with Gasteiger partial charge in [-0.1, -0.05) is 6.07 Å². The number of methoxy groups -OCH3 is 1. The SMILES string of the molecule is COc1cccc(C(F)(F)F)c1S(=O)(=O)O[P+](=O)OC. The third kappa shape index (κ3) is 3.66. The van der Waals surface area contributed by atoms with Gasteiger partial charge in [-0.2, -0.15) is 21.6 Å². The Bertz CT molecular complexity index is 613. The van der Waals surface area contributed by atoms with Crippen LogP contribution in [0.1, 0.15) is 5.56 Å². The number of benzene rings is 1. The lowest BCUT2D eigenvalue weighted by Gasteiger charge is -2.13. The first-order valence-electron chi connectivity index (χ1n) is 4.83. The van der Waals surface area contributed by atoms with Crippen molar-refractivity contribution >= 4 is 18.4 Å². The van der Waals surface area contributed by atoms with Crippen molar-refractivity contribution < 1.29 is 39.4 Å². The van der Waals surface area contributed by atoms with Gasteiger partial charge < -0.3 is 4.74 Å². The molecule has 0 aliphatic carbocycles. The number of hydrogen-bond donors (Lipinski definition) is 0. The second kappa shape index (κ2) is 6.04. The number of ether oxygens (including phenoxy) is 1. The maximum atomic E-state index is 12.8. The quantitative estimate of drug-likeness (QED) is 0.771. The van der Waals surface area contributed by atoms with Crippen molar-refractivity contribution in [2.24, 2.45) is 0 Å². The highest BCUT2D eigenvalue weighted by molar-refractivity contribution is 7.89. The maximum absolute atomic E-state index is 12.8. The van der Waals surface area contributed by atoms with E-state index in [1.165, 1.54) is 0 Å². The van der Waals surface area contributed by atoms with Gasteiger partial charge in [0.15, 0.2) is 4.90 Å². The summed E-state index contributed by atoms with van der Waals surface area (Å²) >= 11 is 0. The van der Waals surface area contributed by atoms with Crippen LogP contribution in [0.3, 0.4) is 0 Å². The molecule has 0 fully saturated rings. The van der Waals surface area contributed by atoms with Gasteiger partial charge in [0.1, 0.15) is 5.75 Å². The van der Waals surface area contributed by atoms with E-state index in [1.54, 1.807) is 0 Å². The second-order valence-corrected chi connectivity index (χ2v) is 5.99. The van der Waals surface area contributed by atoms with Gasteiger partial charge in [0.05, 0.1) is 19.8 Å². The van der Waals surface area contributed by atoms with E-state index in [2.05, 4.69) is 13.2 Å². The third-order valence-corrected chi connectivity index (χ3v) is 4.55. The molecule has 0 N–H and O–H groups in total. The molecule has 112 valence electrons. The fourth-order valence-electron chi connectivity index (χ4n) is 1.31. The first-order chi connectivity index (χ1) is 9.13. The molecule has 0 heterocycles. The van der Waals surface area contributed by atoms with Crippen LogP contribution >= 0.6 is 8.25 Å². The van der Waals surface area contributed by atoms with E-state index in [0.717, 1.165) is 26.4 Å². The topological polar surface area (TPSA) is 78.9 Å². The molecule has 0 amide bonds. The standard InChI is InChI=1S/C9H9F3O6PS/c1-16-7-5-3-4-6(9(10,11)12)8(7)20(14,15)18-19(13)17-2/h3-5H,1-2H3/q+1. The van der Waals surface area contributed by atoms with Gasteiger partial charge in [0.2, 0.25) is 0 Å². The molecule has 0 saturated heterocycles. The van der Waals surface area contributed by atoms with Crippen molar-refractivity contribution in [3.63, 3.8) is 0 Å². The van der Waals surface area contributed by atoms with Crippen molar-refractivity contribution in [2.45, 2.75) is 11.1 Å². The van der Waals surface area contributed by atoms with Crippen LogP contribution < -0.4 is 4.74 Å². The summed E-state index contributed by atoms with van der Waals surface area (Å²) in [6.45, 7) is 0. The Hall–Kier alpha value is -1.22. The predicted octanol–water partition coefficient (Wildman–Crippen LogP) is 2.72. The van der Waals surface area contributed by atoms with Gasteiger partial charge in [-0.15, -0.1) is 4.52 Å². The van der Waals surface area contributed by atoms with Gasteiger partial charge >= 0.3 is 24.5 Å². The van der Waals surface area contributed by atoms with Crippen molar-refractivity contribution in [1.29, 1.82) is 0 Å². The zero-order valence-corrected chi connectivity index (χ0v) is 11.9. The Morgan fingerprint density at radius 3 is 2.25 bits per heavy atom. The average Bonchev–Trinajstić information content (AvgIpc) is 2.36. The fourth-order valence-corrected chi connectivity index (χ4v) is 3.34. The van der Waals surface area contributed by atoms with Crippen LogP contribution in [0.15, 0.2) is 23.1 Å². The summed E-state index contributed by atoms with van der Waals surface area (Å²) in [6, 6.07) is 2.51. The van der Waals surface area contributed by atoms with Gasteiger partial charge in [0.25, 0.3) is 0 Å². The summed E-state index contributed by atoms with van der Waals surface area (Å²) < 4.78 is 85.7. The van der Waals surface area contributed by atoms with Crippen molar-refractivity contribution in [3.8, 4) is 5.75 Å². The number of halogens is 3.